The molecule has 0 atom stereocenters. The molecule has 0 aliphatic carbocycles. The van der Waals surface area contributed by atoms with Crippen molar-refractivity contribution in [2.75, 3.05) is 10.8 Å². The Kier molecular flexibility index (Phi) is 8.26. The van der Waals surface area contributed by atoms with E-state index in [2.05, 4.69) is 10.5 Å². The lowest BCUT2D eigenvalue weighted by Crippen LogP contribution is -2.42. The highest BCUT2D eigenvalue weighted by Gasteiger charge is 2.33. The number of anilines is 1. The van der Waals surface area contributed by atoms with Gasteiger partial charge in [-0.2, -0.15) is 5.10 Å². The minimum Gasteiger partial charge on any atom is -0.455 e. The normalized spacial score (nSPS) is 11.5. The molecule has 0 aliphatic rings. The minimum absolute atomic E-state index is 0.0576. The van der Waals surface area contributed by atoms with Gasteiger partial charge in [-0.3, -0.25) is 24.4 Å². The van der Waals surface area contributed by atoms with E-state index in [1.807, 2.05) is 0 Å². The van der Waals surface area contributed by atoms with Crippen molar-refractivity contribution in [1.29, 1.82) is 0 Å². The monoisotopic (exact) mass is 614 g/mol. The van der Waals surface area contributed by atoms with Gasteiger partial charge in [0, 0.05) is 24.7 Å². The molecule has 0 fully saturated rings. The number of carbonyl (C=O) groups is 1. The van der Waals surface area contributed by atoms with E-state index in [1.165, 1.54) is 39.8 Å². The van der Waals surface area contributed by atoms with Crippen LogP contribution >= 0.6 is 0 Å². The molecule has 2 heterocycles. The van der Waals surface area contributed by atoms with E-state index in [0.717, 1.165) is 4.31 Å². The summed E-state index contributed by atoms with van der Waals surface area (Å²) in [6, 6.07) is 25.2. The van der Waals surface area contributed by atoms with Gasteiger partial charge in [-0.1, -0.05) is 36.4 Å². The number of non-ortho nitro benzene ring substituents is 1. The van der Waals surface area contributed by atoms with Crippen LogP contribution in [-0.4, -0.2) is 41.4 Å². The Bertz CT molecular complexity index is 2010. The smallest absolute Gasteiger partial charge is 0.296 e. The predicted octanol–water partition coefficient (Wildman–Crippen LogP) is 4.00. The largest absolute Gasteiger partial charge is 0.455 e. The van der Waals surface area contributed by atoms with Crippen LogP contribution in [0.1, 0.15) is 11.5 Å². The number of nitro groups is 1. The summed E-state index contributed by atoms with van der Waals surface area (Å²) in [5.41, 5.74) is 2.87. The summed E-state index contributed by atoms with van der Waals surface area (Å²) in [5.74, 6) is -0.129. The standard InChI is InChI=1S/C30H26N6O7S/c1-21-29(30(38)35(33(21)2)23-9-5-3-6-10-23)34(44(41,42)26-11-7-4-8-12-26)20-28(37)32-31-19-25-17-18-27(43-25)22-13-15-24(16-14-22)36(39)40/h3-19H,20H2,1-2H3,(H,32,37)/b31-19-. The number of benzene rings is 3. The van der Waals surface area contributed by atoms with Crippen molar-refractivity contribution in [2.45, 2.75) is 11.8 Å². The number of furan rings is 1. The number of nitrogens with one attached hydrogen (secondary N) is 1. The molecule has 0 aliphatic heterocycles. The molecule has 1 amide bonds. The Hall–Kier alpha value is -5.76. The number of sulfonamides is 1. The first-order chi connectivity index (χ1) is 21.1. The van der Waals surface area contributed by atoms with Gasteiger partial charge in [-0.05, 0) is 55.5 Å². The molecule has 3 aromatic carbocycles. The van der Waals surface area contributed by atoms with Gasteiger partial charge in [-0.15, -0.1) is 0 Å². The maximum atomic E-state index is 13.8. The van der Waals surface area contributed by atoms with Crippen LogP contribution in [-0.2, 0) is 21.9 Å². The van der Waals surface area contributed by atoms with Gasteiger partial charge in [0.2, 0.25) is 0 Å². The summed E-state index contributed by atoms with van der Waals surface area (Å²) in [6.45, 7) is 0.856. The van der Waals surface area contributed by atoms with Crippen LogP contribution in [0.4, 0.5) is 11.4 Å². The summed E-state index contributed by atoms with van der Waals surface area (Å²) in [4.78, 5) is 37.1. The fraction of sp³-hybridized carbons (Fsp3) is 0.100. The third-order valence-corrected chi connectivity index (χ3v) is 8.52. The van der Waals surface area contributed by atoms with Crippen LogP contribution in [0.2, 0.25) is 0 Å². The summed E-state index contributed by atoms with van der Waals surface area (Å²) >= 11 is 0. The molecule has 13 nitrogen and oxygen atoms in total. The van der Waals surface area contributed by atoms with Crippen LogP contribution in [0, 0.1) is 17.0 Å². The number of para-hydroxylation sites is 1. The third-order valence-electron chi connectivity index (χ3n) is 6.76. The summed E-state index contributed by atoms with van der Waals surface area (Å²) in [5, 5.41) is 14.8. The molecule has 0 spiro atoms. The van der Waals surface area contributed by atoms with Gasteiger partial charge >= 0.3 is 0 Å². The number of aromatic nitrogens is 2. The number of rotatable bonds is 10. The fourth-order valence-corrected chi connectivity index (χ4v) is 6.00. The topological polar surface area (TPSA) is 162 Å². The SMILES string of the molecule is Cc1c(N(CC(=O)N/N=C\c2ccc(-c3ccc([N+](=O)[O-])cc3)o2)S(=O)(=O)c2ccccc2)c(=O)n(-c2ccccc2)n1C. The zero-order valence-electron chi connectivity index (χ0n) is 23.5. The highest BCUT2D eigenvalue weighted by atomic mass is 32.2. The molecular formula is C30H26N6O7S. The van der Waals surface area contributed by atoms with Crippen molar-refractivity contribution < 1.29 is 22.6 Å². The fourth-order valence-electron chi connectivity index (χ4n) is 4.50. The highest BCUT2D eigenvalue weighted by molar-refractivity contribution is 7.92. The van der Waals surface area contributed by atoms with Crippen molar-refractivity contribution in [2.24, 2.45) is 12.1 Å². The number of hydrogen-bond donors (Lipinski definition) is 1. The molecule has 44 heavy (non-hydrogen) atoms. The first-order valence-corrected chi connectivity index (χ1v) is 14.6. The molecular weight excluding hydrogens is 588 g/mol. The molecule has 0 unspecified atom stereocenters. The lowest BCUT2D eigenvalue weighted by molar-refractivity contribution is -0.384. The van der Waals surface area contributed by atoms with Crippen LogP contribution in [0.3, 0.4) is 0 Å². The van der Waals surface area contributed by atoms with E-state index in [4.69, 9.17) is 4.42 Å². The molecule has 14 heteroatoms. The Morgan fingerprint density at radius 1 is 1.00 bits per heavy atom. The zero-order valence-corrected chi connectivity index (χ0v) is 24.3. The van der Waals surface area contributed by atoms with Crippen molar-refractivity contribution in [3.8, 4) is 17.0 Å². The zero-order chi connectivity index (χ0) is 31.4. The minimum atomic E-state index is -4.36. The third kappa shape index (κ3) is 5.91. The second kappa shape index (κ2) is 12.2. The second-order valence-corrected chi connectivity index (χ2v) is 11.4. The van der Waals surface area contributed by atoms with Crippen LogP contribution in [0.25, 0.3) is 17.0 Å². The number of carbonyl (C=O) groups excluding carboxylic acids is 1. The molecule has 5 rings (SSSR count). The first kappa shape index (κ1) is 29.7. The van der Waals surface area contributed by atoms with Crippen LogP contribution in [0.15, 0.2) is 116 Å². The van der Waals surface area contributed by atoms with E-state index in [0.29, 0.717) is 22.7 Å². The van der Waals surface area contributed by atoms with E-state index < -0.39 is 33.0 Å². The second-order valence-electron chi connectivity index (χ2n) is 9.53. The van der Waals surface area contributed by atoms with Crippen molar-refractivity contribution in [3.05, 3.63) is 129 Å². The Morgan fingerprint density at radius 2 is 1.64 bits per heavy atom. The van der Waals surface area contributed by atoms with Gasteiger partial charge in [0.25, 0.3) is 27.2 Å². The van der Waals surface area contributed by atoms with E-state index in [9.17, 15) is 28.1 Å². The number of nitrogens with zero attached hydrogens (tertiary/aromatic N) is 5. The molecule has 5 aromatic rings. The summed E-state index contributed by atoms with van der Waals surface area (Å²) < 4.78 is 37.0. The first-order valence-electron chi connectivity index (χ1n) is 13.2. The van der Waals surface area contributed by atoms with E-state index in [-0.39, 0.29) is 22.0 Å². The van der Waals surface area contributed by atoms with Gasteiger partial charge in [0.1, 0.15) is 23.8 Å². The lowest BCUT2D eigenvalue weighted by atomic mass is 10.1. The molecule has 0 bridgehead atoms. The van der Waals surface area contributed by atoms with Gasteiger partial charge < -0.3 is 4.42 Å². The van der Waals surface area contributed by atoms with Gasteiger partial charge in [0.05, 0.1) is 27.4 Å². The van der Waals surface area contributed by atoms with E-state index >= 15 is 0 Å². The van der Waals surface area contributed by atoms with Crippen LogP contribution < -0.4 is 15.3 Å². The number of hydrazone groups is 1. The summed E-state index contributed by atoms with van der Waals surface area (Å²) in [7, 11) is -2.74. The van der Waals surface area contributed by atoms with Crippen molar-refractivity contribution >= 4 is 33.5 Å². The Morgan fingerprint density at radius 3 is 2.27 bits per heavy atom. The molecule has 1 N–H and O–H groups in total. The highest BCUT2D eigenvalue weighted by Crippen LogP contribution is 2.26. The molecule has 0 saturated carbocycles. The molecule has 2 aromatic heterocycles. The number of nitro benzene ring substituents is 1. The maximum Gasteiger partial charge on any atom is 0.296 e. The Balaban J connectivity index is 1.41. The van der Waals surface area contributed by atoms with Gasteiger partial charge in [-0.25, -0.2) is 22.8 Å². The quantitative estimate of drug-likeness (QED) is 0.141. The molecule has 0 radical (unpaired) electrons. The van der Waals surface area contributed by atoms with Crippen molar-refractivity contribution in [1.82, 2.24) is 14.8 Å². The average Bonchev–Trinajstić information content (AvgIpc) is 3.58. The number of amides is 1. The van der Waals surface area contributed by atoms with Crippen molar-refractivity contribution in [3.63, 3.8) is 0 Å². The van der Waals surface area contributed by atoms with Crippen LogP contribution in [0.5, 0.6) is 0 Å². The van der Waals surface area contributed by atoms with E-state index in [1.54, 1.807) is 86.8 Å². The number of hydrogen-bond acceptors (Lipinski definition) is 8. The lowest BCUT2D eigenvalue weighted by Gasteiger charge is -2.22. The van der Waals surface area contributed by atoms with Gasteiger partial charge in [0.15, 0.2) is 0 Å². The maximum absolute atomic E-state index is 13.8. The summed E-state index contributed by atoms with van der Waals surface area (Å²) in [6.07, 6.45) is 1.22. The predicted molar refractivity (Wildman–Crippen MR) is 163 cm³/mol. The molecule has 0 saturated heterocycles. The average molecular weight is 615 g/mol. The Labute approximate surface area is 251 Å². The molecule has 224 valence electrons.